The molecule has 0 saturated heterocycles. The van der Waals surface area contributed by atoms with Crippen molar-refractivity contribution in [1.29, 1.82) is 0 Å². The minimum absolute atomic E-state index is 0.106. The number of rotatable bonds is 6. The largest absolute Gasteiger partial charge is 0.448 e. The highest BCUT2D eigenvalue weighted by Gasteiger charge is 2.22. The van der Waals surface area contributed by atoms with Crippen LogP contribution in [0.2, 0.25) is 0 Å². The second-order valence-corrected chi connectivity index (χ2v) is 4.84. The number of ether oxygens (including phenoxy) is 1. The Balaban J connectivity index is 2.61. The van der Waals surface area contributed by atoms with E-state index >= 15 is 0 Å². The number of anilines is 1. The monoisotopic (exact) mass is 281 g/mol. The molecule has 6 nitrogen and oxygen atoms in total. The van der Waals surface area contributed by atoms with E-state index in [4.69, 9.17) is 10.5 Å². The number of nitrogens with two attached hydrogens (primary N) is 1. The number of nitrogen functional groups attached to an aromatic ring is 1. The molecule has 112 valence electrons. The number of aromatic nitrogens is 1. The first-order valence-corrected chi connectivity index (χ1v) is 6.82. The summed E-state index contributed by atoms with van der Waals surface area (Å²) in [5.41, 5.74) is 6.41. The van der Waals surface area contributed by atoms with Gasteiger partial charge in [0.05, 0.1) is 5.69 Å². The molecular formula is C14H23N3O3. The van der Waals surface area contributed by atoms with Crippen LogP contribution in [-0.2, 0) is 16.6 Å². The van der Waals surface area contributed by atoms with Crippen molar-refractivity contribution in [2.45, 2.75) is 45.8 Å². The summed E-state index contributed by atoms with van der Waals surface area (Å²) in [5, 5.41) is 2.85. The maximum absolute atomic E-state index is 11.9. The summed E-state index contributed by atoms with van der Waals surface area (Å²) in [6.45, 7) is 5.55. The number of hydrogen-bond donors (Lipinski definition) is 2. The molecule has 0 spiro atoms. The van der Waals surface area contributed by atoms with Crippen molar-refractivity contribution >= 4 is 17.6 Å². The molecule has 0 aliphatic rings. The molecule has 1 unspecified atom stereocenters. The van der Waals surface area contributed by atoms with Crippen LogP contribution < -0.4 is 11.1 Å². The number of esters is 1. The molecule has 0 saturated carbocycles. The molecule has 1 atom stereocenters. The van der Waals surface area contributed by atoms with E-state index in [9.17, 15) is 9.59 Å². The maximum atomic E-state index is 11.9. The molecule has 6 heteroatoms. The number of nitrogens with one attached hydrogen (secondary N) is 1. The zero-order chi connectivity index (χ0) is 15.3. The van der Waals surface area contributed by atoms with Gasteiger partial charge in [-0.2, -0.15) is 0 Å². The van der Waals surface area contributed by atoms with Crippen LogP contribution in [0.25, 0.3) is 0 Å². The summed E-state index contributed by atoms with van der Waals surface area (Å²) >= 11 is 0. The van der Waals surface area contributed by atoms with Gasteiger partial charge in [-0.15, -0.1) is 0 Å². The van der Waals surface area contributed by atoms with Gasteiger partial charge in [-0.05, 0) is 25.8 Å². The van der Waals surface area contributed by atoms with Gasteiger partial charge in [-0.1, -0.05) is 13.8 Å². The number of hydrogen-bond acceptors (Lipinski definition) is 4. The summed E-state index contributed by atoms with van der Waals surface area (Å²) in [6, 6.07) is 1.63. The van der Waals surface area contributed by atoms with Gasteiger partial charge in [0, 0.05) is 19.3 Å². The number of nitrogens with zero attached hydrogens (tertiary/aromatic N) is 1. The molecule has 1 aromatic rings. The molecule has 1 heterocycles. The lowest BCUT2D eigenvalue weighted by molar-refractivity contribution is -0.129. The van der Waals surface area contributed by atoms with E-state index in [1.807, 2.05) is 13.8 Å². The highest BCUT2D eigenvalue weighted by atomic mass is 16.5. The minimum Gasteiger partial charge on any atom is -0.448 e. The summed E-state index contributed by atoms with van der Waals surface area (Å²) < 4.78 is 6.73. The number of carbonyl (C=O) groups excluding carboxylic acids is 2. The van der Waals surface area contributed by atoms with Crippen LogP contribution >= 0.6 is 0 Å². The van der Waals surface area contributed by atoms with E-state index in [-0.39, 0.29) is 11.9 Å². The maximum Gasteiger partial charge on any atom is 0.355 e. The Labute approximate surface area is 119 Å². The van der Waals surface area contributed by atoms with E-state index in [0.717, 1.165) is 12.8 Å². The third-order valence-electron chi connectivity index (χ3n) is 3.22. The van der Waals surface area contributed by atoms with Crippen LogP contribution in [0.1, 0.15) is 44.1 Å². The van der Waals surface area contributed by atoms with Crippen LogP contribution in [-0.4, -0.2) is 28.6 Å². The lowest BCUT2D eigenvalue weighted by Crippen LogP contribution is -2.41. The Bertz CT molecular complexity index is 478. The van der Waals surface area contributed by atoms with Crippen molar-refractivity contribution in [3.63, 3.8) is 0 Å². The van der Waals surface area contributed by atoms with Crippen LogP contribution in [0.5, 0.6) is 0 Å². The first-order chi connectivity index (χ1) is 9.38. The second-order valence-electron chi connectivity index (χ2n) is 4.84. The topological polar surface area (TPSA) is 86.3 Å². The third-order valence-corrected chi connectivity index (χ3v) is 3.22. The molecule has 0 aliphatic heterocycles. The zero-order valence-electron chi connectivity index (χ0n) is 12.5. The molecule has 0 aliphatic carbocycles. The van der Waals surface area contributed by atoms with Crippen LogP contribution in [0.3, 0.4) is 0 Å². The zero-order valence-corrected chi connectivity index (χ0v) is 12.5. The molecule has 1 aromatic heterocycles. The molecule has 0 radical (unpaired) electrons. The molecule has 0 aromatic carbocycles. The Hall–Kier alpha value is -1.98. The SMILES string of the molecule is CCC(CC)NC(=O)C(C)OC(=O)c1cc(N)cn1C. The fourth-order valence-corrected chi connectivity index (χ4v) is 1.88. The van der Waals surface area contributed by atoms with Crippen LogP contribution in [0.4, 0.5) is 5.69 Å². The second kappa shape index (κ2) is 6.98. The number of amides is 1. The Kier molecular flexibility index (Phi) is 5.61. The smallest absolute Gasteiger partial charge is 0.355 e. The first kappa shape index (κ1) is 16.1. The van der Waals surface area contributed by atoms with Crippen LogP contribution in [0.15, 0.2) is 12.3 Å². The van der Waals surface area contributed by atoms with Crippen molar-refractivity contribution in [3.8, 4) is 0 Å². The van der Waals surface area contributed by atoms with Gasteiger partial charge in [0.25, 0.3) is 5.91 Å². The van der Waals surface area contributed by atoms with E-state index in [0.29, 0.717) is 11.4 Å². The van der Waals surface area contributed by atoms with E-state index < -0.39 is 12.1 Å². The Morgan fingerprint density at radius 1 is 1.40 bits per heavy atom. The van der Waals surface area contributed by atoms with Gasteiger partial charge in [0.2, 0.25) is 0 Å². The van der Waals surface area contributed by atoms with Crippen molar-refractivity contribution < 1.29 is 14.3 Å². The molecular weight excluding hydrogens is 258 g/mol. The van der Waals surface area contributed by atoms with Gasteiger partial charge >= 0.3 is 5.97 Å². The highest BCUT2D eigenvalue weighted by molar-refractivity contribution is 5.91. The summed E-state index contributed by atoms with van der Waals surface area (Å²) in [4.78, 5) is 23.8. The van der Waals surface area contributed by atoms with Gasteiger partial charge in [0.1, 0.15) is 5.69 Å². The number of aryl methyl sites for hydroxylation is 1. The Morgan fingerprint density at radius 3 is 2.45 bits per heavy atom. The predicted molar refractivity (Wildman–Crippen MR) is 77.2 cm³/mol. The minimum atomic E-state index is -0.834. The quantitative estimate of drug-likeness (QED) is 0.773. The van der Waals surface area contributed by atoms with Crippen molar-refractivity contribution in [3.05, 3.63) is 18.0 Å². The fraction of sp³-hybridized carbons (Fsp3) is 0.571. The molecule has 0 fully saturated rings. The lowest BCUT2D eigenvalue weighted by Gasteiger charge is -2.18. The van der Waals surface area contributed by atoms with E-state index in [2.05, 4.69) is 5.32 Å². The normalized spacial score (nSPS) is 12.2. The van der Waals surface area contributed by atoms with Crippen LogP contribution in [0, 0.1) is 0 Å². The summed E-state index contributed by atoms with van der Waals surface area (Å²) in [5.74, 6) is -0.842. The number of carbonyl (C=O) groups is 2. The van der Waals surface area contributed by atoms with Gasteiger partial charge in [-0.3, -0.25) is 4.79 Å². The molecule has 0 bridgehead atoms. The van der Waals surface area contributed by atoms with E-state index in [1.54, 1.807) is 24.7 Å². The molecule has 20 heavy (non-hydrogen) atoms. The third kappa shape index (κ3) is 4.01. The van der Waals surface area contributed by atoms with Gasteiger partial charge in [0.15, 0.2) is 6.10 Å². The average molecular weight is 281 g/mol. The lowest BCUT2D eigenvalue weighted by atomic mass is 10.1. The first-order valence-electron chi connectivity index (χ1n) is 6.82. The van der Waals surface area contributed by atoms with Crippen molar-refractivity contribution in [2.24, 2.45) is 7.05 Å². The molecule has 1 amide bonds. The van der Waals surface area contributed by atoms with Crippen molar-refractivity contribution in [1.82, 2.24) is 9.88 Å². The molecule has 3 N–H and O–H groups in total. The van der Waals surface area contributed by atoms with Gasteiger partial charge < -0.3 is 20.4 Å². The Morgan fingerprint density at radius 2 is 2.00 bits per heavy atom. The standard InChI is InChI=1S/C14H23N3O3/c1-5-11(6-2)16-13(18)9(3)20-14(19)12-7-10(15)8-17(12)4/h7-9,11H,5-6,15H2,1-4H3,(H,16,18). The van der Waals surface area contributed by atoms with Crippen molar-refractivity contribution in [2.75, 3.05) is 5.73 Å². The highest BCUT2D eigenvalue weighted by Crippen LogP contribution is 2.11. The summed E-state index contributed by atoms with van der Waals surface area (Å²) in [7, 11) is 1.70. The molecule has 1 rings (SSSR count). The fourth-order valence-electron chi connectivity index (χ4n) is 1.88. The average Bonchev–Trinajstić information content (AvgIpc) is 2.74. The predicted octanol–water partition coefficient (Wildman–Crippen LogP) is 1.46. The van der Waals surface area contributed by atoms with E-state index in [1.165, 1.54) is 6.07 Å². The van der Waals surface area contributed by atoms with Gasteiger partial charge in [-0.25, -0.2) is 4.79 Å². The summed E-state index contributed by atoms with van der Waals surface area (Å²) in [6.07, 6.45) is 2.47.